The van der Waals surface area contributed by atoms with Gasteiger partial charge in [-0.25, -0.2) is 0 Å². The highest BCUT2D eigenvalue weighted by Gasteiger charge is 2.07. The molecule has 2 rings (SSSR count). The van der Waals surface area contributed by atoms with Gasteiger partial charge in [0.15, 0.2) is 17.1 Å². The zero-order valence-electron chi connectivity index (χ0n) is 6.60. The highest BCUT2D eigenvalue weighted by molar-refractivity contribution is 7.11. The molecule has 2 aromatic heterocycles. The summed E-state index contributed by atoms with van der Waals surface area (Å²) >= 11 is 1.46. The van der Waals surface area contributed by atoms with Crippen LogP contribution < -0.4 is 4.74 Å². The molecule has 0 fully saturated rings. The molecule has 0 spiro atoms. The predicted octanol–water partition coefficient (Wildman–Crippen LogP) is 2.95. The molecule has 0 bridgehead atoms. The average Bonchev–Trinajstić information content (AvgIpc) is 2.76. The molecule has 13 heavy (non-hydrogen) atoms. The van der Waals surface area contributed by atoms with Crippen LogP contribution in [0.3, 0.4) is 0 Å². The van der Waals surface area contributed by atoms with Crippen LogP contribution in [0.2, 0.25) is 0 Å². The Hall–Kier alpha value is -1.55. The van der Waals surface area contributed by atoms with Crippen LogP contribution >= 0.6 is 11.3 Å². The Balaban J connectivity index is 2.23. The number of aldehydes is 1. The number of hydrogen-bond acceptors (Lipinski definition) is 4. The molecule has 3 nitrogen and oxygen atoms in total. The van der Waals surface area contributed by atoms with Gasteiger partial charge in [0, 0.05) is 6.07 Å². The number of carbonyl (C=O) groups is 1. The largest absolute Gasteiger partial charge is 0.457 e. The van der Waals surface area contributed by atoms with Crippen molar-refractivity contribution < 1.29 is 13.9 Å². The van der Waals surface area contributed by atoms with Gasteiger partial charge in [0.1, 0.15) is 0 Å². The summed E-state index contributed by atoms with van der Waals surface area (Å²) in [5, 5.41) is 2.64. The third-order valence-corrected chi connectivity index (χ3v) is 2.21. The smallest absolute Gasteiger partial charge is 0.208 e. The maximum atomic E-state index is 10.4. The molecule has 0 atom stereocenters. The van der Waals surface area contributed by atoms with Crippen LogP contribution in [0.15, 0.2) is 34.3 Å². The van der Waals surface area contributed by atoms with Crippen LogP contribution in [0.4, 0.5) is 0 Å². The van der Waals surface area contributed by atoms with Crippen molar-refractivity contribution in [3.63, 3.8) is 0 Å². The van der Waals surface area contributed by atoms with Crippen LogP contribution in [0.1, 0.15) is 10.6 Å². The fraction of sp³-hybridized carbons (Fsp3) is 0. The molecular formula is C9H6O3S. The third kappa shape index (κ3) is 1.62. The van der Waals surface area contributed by atoms with Crippen LogP contribution in [-0.2, 0) is 0 Å². The first-order valence-electron chi connectivity index (χ1n) is 3.64. The predicted molar refractivity (Wildman–Crippen MR) is 48.5 cm³/mol. The minimum absolute atomic E-state index is 0.216. The van der Waals surface area contributed by atoms with Crippen molar-refractivity contribution in [2.45, 2.75) is 0 Å². The van der Waals surface area contributed by atoms with Gasteiger partial charge in [0.05, 0.1) is 6.26 Å². The number of thiophene rings is 1. The molecule has 0 aliphatic rings. The molecule has 0 unspecified atom stereocenters. The SMILES string of the molecule is O=Cc1occc1Oc1cccs1. The fourth-order valence-corrected chi connectivity index (χ4v) is 1.50. The molecule has 4 heteroatoms. The summed E-state index contributed by atoms with van der Waals surface area (Å²) in [5.74, 6) is 0.672. The number of rotatable bonds is 3. The van der Waals surface area contributed by atoms with Crippen LogP contribution in [-0.4, -0.2) is 6.29 Å². The Morgan fingerprint density at radius 3 is 3.08 bits per heavy atom. The van der Waals surface area contributed by atoms with E-state index in [2.05, 4.69) is 0 Å². The fourth-order valence-electron chi connectivity index (χ4n) is 0.909. The lowest BCUT2D eigenvalue weighted by Crippen LogP contribution is -1.82. The number of hydrogen-bond donors (Lipinski definition) is 0. The van der Waals surface area contributed by atoms with E-state index in [1.54, 1.807) is 6.07 Å². The lowest BCUT2D eigenvalue weighted by Gasteiger charge is -1.97. The number of carbonyl (C=O) groups excluding carboxylic acids is 1. The van der Waals surface area contributed by atoms with Crippen molar-refractivity contribution in [1.29, 1.82) is 0 Å². The van der Waals surface area contributed by atoms with E-state index in [4.69, 9.17) is 9.15 Å². The monoisotopic (exact) mass is 194 g/mol. The lowest BCUT2D eigenvalue weighted by molar-refractivity contribution is 0.109. The molecule has 2 aromatic rings. The summed E-state index contributed by atoms with van der Waals surface area (Å²) in [6.45, 7) is 0. The van der Waals surface area contributed by atoms with Crippen molar-refractivity contribution in [2.24, 2.45) is 0 Å². The zero-order chi connectivity index (χ0) is 9.10. The average molecular weight is 194 g/mol. The topological polar surface area (TPSA) is 39.4 Å². The van der Waals surface area contributed by atoms with E-state index in [1.165, 1.54) is 17.6 Å². The Kier molecular flexibility index (Phi) is 2.14. The van der Waals surface area contributed by atoms with E-state index in [0.717, 1.165) is 5.06 Å². The van der Waals surface area contributed by atoms with Crippen molar-refractivity contribution in [2.75, 3.05) is 0 Å². The quantitative estimate of drug-likeness (QED) is 0.705. The number of ether oxygens (including phenoxy) is 1. The van der Waals surface area contributed by atoms with E-state index in [9.17, 15) is 4.79 Å². The molecule has 0 aliphatic carbocycles. The molecule has 0 amide bonds. The first-order valence-corrected chi connectivity index (χ1v) is 4.52. The molecule has 0 radical (unpaired) electrons. The minimum atomic E-state index is 0.216. The van der Waals surface area contributed by atoms with Crippen molar-refractivity contribution in [3.8, 4) is 10.8 Å². The molecule has 0 aliphatic heterocycles. The van der Waals surface area contributed by atoms with Gasteiger partial charge in [-0.3, -0.25) is 4.79 Å². The van der Waals surface area contributed by atoms with Crippen molar-refractivity contribution in [3.05, 3.63) is 35.6 Å². The maximum absolute atomic E-state index is 10.4. The Morgan fingerprint density at radius 2 is 2.38 bits per heavy atom. The summed E-state index contributed by atoms with van der Waals surface area (Å²) in [6.07, 6.45) is 2.05. The van der Waals surface area contributed by atoms with E-state index < -0.39 is 0 Å². The Bertz CT molecular complexity index is 389. The lowest BCUT2D eigenvalue weighted by atomic mass is 10.4. The van der Waals surface area contributed by atoms with E-state index in [-0.39, 0.29) is 5.76 Å². The summed E-state index contributed by atoms with van der Waals surface area (Å²) < 4.78 is 10.2. The summed E-state index contributed by atoms with van der Waals surface area (Å²) in [4.78, 5) is 10.4. The van der Waals surface area contributed by atoms with Crippen LogP contribution in [0, 0.1) is 0 Å². The summed E-state index contributed by atoms with van der Waals surface area (Å²) in [5.41, 5.74) is 0. The normalized spacial score (nSPS) is 9.85. The molecule has 0 saturated carbocycles. The highest BCUT2D eigenvalue weighted by Crippen LogP contribution is 2.28. The van der Waals surface area contributed by atoms with Gasteiger partial charge in [0.2, 0.25) is 5.76 Å². The van der Waals surface area contributed by atoms with Gasteiger partial charge < -0.3 is 9.15 Å². The second kappa shape index (κ2) is 3.45. The summed E-state index contributed by atoms with van der Waals surface area (Å²) in [6, 6.07) is 5.32. The van der Waals surface area contributed by atoms with Gasteiger partial charge in [0.25, 0.3) is 0 Å². The highest BCUT2D eigenvalue weighted by atomic mass is 32.1. The van der Waals surface area contributed by atoms with E-state index in [0.29, 0.717) is 12.0 Å². The molecule has 0 saturated heterocycles. The number of furan rings is 1. The first kappa shape index (κ1) is 8.07. The second-order valence-electron chi connectivity index (χ2n) is 2.30. The molecule has 66 valence electrons. The molecule has 0 N–H and O–H groups in total. The first-order chi connectivity index (χ1) is 6.40. The van der Waals surface area contributed by atoms with Gasteiger partial charge in [-0.1, -0.05) is 0 Å². The van der Waals surface area contributed by atoms with Gasteiger partial charge in [-0.05, 0) is 17.5 Å². The Morgan fingerprint density at radius 1 is 1.46 bits per heavy atom. The maximum Gasteiger partial charge on any atom is 0.208 e. The molecule has 0 aromatic carbocycles. The van der Waals surface area contributed by atoms with Gasteiger partial charge in [-0.2, -0.15) is 0 Å². The minimum Gasteiger partial charge on any atom is -0.457 e. The van der Waals surface area contributed by atoms with Gasteiger partial charge in [-0.15, -0.1) is 11.3 Å². The van der Waals surface area contributed by atoms with Crippen LogP contribution in [0.25, 0.3) is 0 Å². The van der Waals surface area contributed by atoms with E-state index in [1.807, 2.05) is 17.5 Å². The van der Waals surface area contributed by atoms with Crippen LogP contribution in [0.5, 0.6) is 10.8 Å². The van der Waals surface area contributed by atoms with Crippen molar-refractivity contribution >= 4 is 17.6 Å². The second-order valence-corrected chi connectivity index (χ2v) is 3.21. The third-order valence-electron chi connectivity index (χ3n) is 1.47. The van der Waals surface area contributed by atoms with Gasteiger partial charge >= 0.3 is 0 Å². The standard InChI is InChI=1S/C9H6O3S/c10-6-8-7(3-4-11-8)12-9-2-1-5-13-9/h1-6H. The zero-order valence-corrected chi connectivity index (χ0v) is 7.41. The van der Waals surface area contributed by atoms with E-state index >= 15 is 0 Å². The molecule has 2 heterocycles. The summed E-state index contributed by atoms with van der Waals surface area (Å²) in [7, 11) is 0. The Labute approximate surface area is 78.6 Å². The van der Waals surface area contributed by atoms with Crippen molar-refractivity contribution in [1.82, 2.24) is 0 Å². The molecular weight excluding hydrogens is 188 g/mol.